The van der Waals surface area contributed by atoms with E-state index in [1.807, 2.05) is 11.6 Å². The summed E-state index contributed by atoms with van der Waals surface area (Å²) in [5.41, 5.74) is 5.55. The first-order valence-corrected chi connectivity index (χ1v) is 6.60. The van der Waals surface area contributed by atoms with E-state index < -0.39 is 0 Å². The van der Waals surface area contributed by atoms with Crippen molar-refractivity contribution in [1.82, 2.24) is 20.1 Å². The first-order chi connectivity index (χ1) is 8.20. The number of hydrogen-bond acceptors (Lipinski definition) is 5. The predicted octanol–water partition coefficient (Wildman–Crippen LogP) is 0.0346. The molecule has 1 aliphatic rings. The molecule has 0 aliphatic carbocycles. The zero-order valence-electron chi connectivity index (χ0n) is 9.85. The highest BCUT2D eigenvalue weighted by Gasteiger charge is 2.21. The predicted molar refractivity (Wildman–Crippen MR) is 65.4 cm³/mol. The lowest BCUT2D eigenvalue weighted by atomic mass is 10.2. The largest absolute Gasteiger partial charge is 0.356 e. The van der Waals surface area contributed by atoms with Crippen molar-refractivity contribution in [3.8, 4) is 0 Å². The molecule has 2 heterocycles. The van der Waals surface area contributed by atoms with Gasteiger partial charge in [0.2, 0.25) is 5.91 Å². The molecule has 1 aromatic rings. The van der Waals surface area contributed by atoms with Gasteiger partial charge in [-0.25, -0.2) is 0 Å². The summed E-state index contributed by atoms with van der Waals surface area (Å²) in [7, 11) is 1.90. The number of carbonyl (C=O) groups excluding carboxylic acids is 1. The smallest absolute Gasteiger partial charge is 0.221 e. The second-order valence-corrected chi connectivity index (χ2v) is 5.37. The van der Waals surface area contributed by atoms with Crippen molar-refractivity contribution in [2.45, 2.75) is 36.2 Å². The maximum atomic E-state index is 11.4. The molecule has 94 valence electrons. The van der Waals surface area contributed by atoms with E-state index in [4.69, 9.17) is 5.73 Å². The number of carbonyl (C=O) groups is 1. The molecule has 7 heteroatoms. The SMILES string of the molecule is Cn1c(CN)nnc1SC1CCCNC(=O)C1. The van der Waals surface area contributed by atoms with Gasteiger partial charge in [0.25, 0.3) is 0 Å². The van der Waals surface area contributed by atoms with E-state index in [0.29, 0.717) is 13.0 Å². The molecule has 0 aromatic carbocycles. The highest BCUT2D eigenvalue weighted by atomic mass is 32.2. The monoisotopic (exact) mass is 255 g/mol. The van der Waals surface area contributed by atoms with E-state index in [2.05, 4.69) is 15.5 Å². The molecule has 0 saturated carbocycles. The minimum Gasteiger partial charge on any atom is -0.356 e. The van der Waals surface area contributed by atoms with Gasteiger partial charge in [-0.3, -0.25) is 4.79 Å². The molecule has 1 amide bonds. The lowest BCUT2D eigenvalue weighted by molar-refractivity contribution is -0.120. The Balaban J connectivity index is 2.03. The molecule has 1 aliphatic heterocycles. The summed E-state index contributed by atoms with van der Waals surface area (Å²) in [4.78, 5) is 11.4. The molecule has 6 nitrogen and oxygen atoms in total. The average molecular weight is 255 g/mol. The van der Waals surface area contributed by atoms with Crippen LogP contribution in [0.1, 0.15) is 25.1 Å². The fourth-order valence-electron chi connectivity index (χ4n) is 1.81. The number of amides is 1. The Hall–Kier alpha value is -1.08. The second-order valence-electron chi connectivity index (χ2n) is 4.10. The Labute approximate surface area is 104 Å². The molecule has 1 atom stereocenters. The van der Waals surface area contributed by atoms with Crippen LogP contribution in [0, 0.1) is 0 Å². The number of hydrogen-bond donors (Lipinski definition) is 2. The highest BCUT2D eigenvalue weighted by Crippen LogP contribution is 2.28. The third-order valence-corrected chi connectivity index (χ3v) is 4.12. The molecule has 17 heavy (non-hydrogen) atoms. The third kappa shape index (κ3) is 2.98. The van der Waals surface area contributed by atoms with Gasteiger partial charge in [-0.15, -0.1) is 10.2 Å². The van der Waals surface area contributed by atoms with Crippen molar-refractivity contribution in [1.29, 1.82) is 0 Å². The van der Waals surface area contributed by atoms with Gasteiger partial charge in [0.1, 0.15) is 5.82 Å². The summed E-state index contributed by atoms with van der Waals surface area (Å²) >= 11 is 1.62. The van der Waals surface area contributed by atoms with E-state index in [0.717, 1.165) is 30.4 Å². The van der Waals surface area contributed by atoms with E-state index in [9.17, 15) is 4.79 Å². The van der Waals surface area contributed by atoms with E-state index >= 15 is 0 Å². The summed E-state index contributed by atoms with van der Waals surface area (Å²) in [5.74, 6) is 0.895. The van der Waals surface area contributed by atoms with Gasteiger partial charge >= 0.3 is 0 Å². The van der Waals surface area contributed by atoms with Gasteiger partial charge in [0.05, 0.1) is 6.54 Å². The minimum absolute atomic E-state index is 0.126. The van der Waals surface area contributed by atoms with E-state index in [1.165, 1.54) is 0 Å². The average Bonchev–Trinajstić information content (AvgIpc) is 2.53. The van der Waals surface area contributed by atoms with Crippen molar-refractivity contribution in [2.75, 3.05) is 6.54 Å². The van der Waals surface area contributed by atoms with Crippen LogP contribution in [0.15, 0.2) is 5.16 Å². The molecule has 2 rings (SSSR count). The Bertz CT molecular complexity index is 405. The fraction of sp³-hybridized carbons (Fsp3) is 0.700. The van der Waals surface area contributed by atoms with Gasteiger partial charge in [-0.2, -0.15) is 0 Å². The van der Waals surface area contributed by atoms with Crippen LogP contribution in [0.3, 0.4) is 0 Å². The van der Waals surface area contributed by atoms with Crippen molar-refractivity contribution in [3.63, 3.8) is 0 Å². The van der Waals surface area contributed by atoms with E-state index in [-0.39, 0.29) is 11.2 Å². The normalized spacial score (nSPS) is 21.1. The summed E-state index contributed by atoms with van der Waals surface area (Å²) < 4.78 is 1.90. The van der Waals surface area contributed by atoms with Crippen LogP contribution in [0.25, 0.3) is 0 Å². The Kier molecular flexibility index (Phi) is 4.01. The van der Waals surface area contributed by atoms with Crippen molar-refractivity contribution in [2.24, 2.45) is 12.8 Å². The molecule has 3 N–H and O–H groups in total. The number of nitrogens with zero attached hydrogens (tertiary/aromatic N) is 3. The topological polar surface area (TPSA) is 85.8 Å². The third-order valence-electron chi connectivity index (χ3n) is 2.82. The van der Waals surface area contributed by atoms with Gasteiger partial charge < -0.3 is 15.6 Å². The van der Waals surface area contributed by atoms with Crippen molar-refractivity contribution < 1.29 is 4.79 Å². The van der Waals surface area contributed by atoms with Crippen LogP contribution < -0.4 is 11.1 Å². The molecular weight excluding hydrogens is 238 g/mol. The van der Waals surface area contributed by atoms with Crippen LogP contribution in [0.2, 0.25) is 0 Å². The van der Waals surface area contributed by atoms with Crippen LogP contribution in [0.4, 0.5) is 0 Å². The molecule has 0 spiro atoms. The minimum atomic E-state index is 0.126. The van der Waals surface area contributed by atoms with Crippen LogP contribution in [0.5, 0.6) is 0 Å². The molecule has 1 fully saturated rings. The number of rotatable bonds is 3. The number of aromatic nitrogens is 3. The van der Waals surface area contributed by atoms with Gasteiger partial charge in [-0.1, -0.05) is 11.8 Å². The quantitative estimate of drug-likeness (QED) is 0.796. The van der Waals surface area contributed by atoms with Crippen LogP contribution >= 0.6 is 11.8 Å². The fourth-order valence-corrected chi connectivity index (χ4v) is 2.98. The van der Waals surface area contributed by atoms with Gasteiger partial charge in [-0.05, 0) is 12.8 Å². The van der Waals surface area contributed by atoms with Crippen LogP contribution in [-0.2, 0) is 18.4 Å². The maximum Gasteiger partial charge on any atom is 0.221 e. The van der Waals surface area contributed by atoms with Crippen molar-refractivity contribution in [3.05, 3.63) is 5.82 Å². The number of nitrogens with one attached hydrogen (secondary N) is 1. The van der Waals surface area contributed by atoms with Gasteiger partial charge in [0.15, 0.2) is 5.16 Å². The summed E-state index contributed by atoms with van der Waals surface area (Å²) in [5, 5.41) is 12.1. The lowest BCUT2D eigenvalue weighted by Crippen LogP contribution is -2.23. The second kappa shape index (κ2) is 5.50. The highest BCUT2D eigenvalue weighted by molar-refractivity contribution is 7.99. The first-order valence-electron chi connectivity index (χ1n) is 5.72. The molecule has 0 radical (unpaired) electrons. The van der Waals surface area contributed by atoms with Gasteiger partial charge in [0, 0.05) is 25.3 Å². The molecule has 0 bridgehead atoms. The van der Waals surface area contributed by atoms with Crippen molar-refractivity contribution >= 4 is 17.7 Å². The first kappa shape index (κ1) is 12.4. The summed E-state index contributed by atoms with van der Waals surface area (Å²) in [6, 6.07) is 0. The Morgan fingerprint density at radius 3 is 3.12 bits per heavy atom. The standard InChI is InChI=1S/C10H17N5OS/c1-15-8(6-11)13-14-10(15)17-7-3-2-4-12-9(16)5-7/h7H,2-6,11H2,1H3,(H,12,16). The molecule has 1 unspecified atom stereocenters. The molecule has 1 aromatic heterocycles. The number of nitrogens with two attached hydrogens (primary N) is 1. The lowest BCUT2D eigenvalue weighted by Gasteiger charge is -2.11. The Morgan fingerprint density at radius 2 is 2.41 bits per heavy atom. The number of thioether (sulfide) groups is 1. The molecular formula is C10H17N5OS. The maximum absolute atomic E-state index is 11.4. The zero-order chi connectivity index (χ0) is 12.3. The van der Waals surface area contributed by atoms with E-state index in [1.54, 1.807) is 11.8 Å². The summed E-state index contributed by atoms with van der Waals surface area (Å²) in [6.07, 6.45) is 2.59. The zero-order valence-corrected chi connectivity index (χ0v) is 10.7. The van der Waals surface area contributed by atoms with Crippen LogP contribution in [-0.4, -0.2) is 32.5 Å². The molecule has 1 saturated heterocycles. The summed E-state index contributed by atoms with van der Waals surface area (Å²) in [6.45, 7) is 1.16. The Morgan fingerprint density at radius 1 is 1.59 bits per heavy atom.